The predicted octanol–water partition coefficient (Wildman–Crippen LogP) is 0.375. The van der Waals surface area contributed by atoms with Crippen LogP contribution in [0.2, 0.25) is 0 Å². The molecule has 0 spiro atoms. The molecule has 0 aliphatic carbocycles. The lowest BCUT2D eigenvalue weighted by Gasteiger charge is -2.26. The molecule has 0 radical (unpaired) electrons. The largest absolute Gasteiger partial charge is 0.390 e. The van der Waals surface area contributed by atoms with E-state index >= 15 is 0 Å². The Morgan fingerprint density at radius 2 is 2.18 bits per heavy atom. The molecule has 4 nitrogen and oxygen atoms in total. The van der Waals surface area contributed by atoms with Crippen LogP contribution in [0.5, 0.6) is 0 Å². The third kappa shape index (κ3) is 6.99. The second-order valence-corrected chi connectivity index (χ2v) is 5.17. The molecular weight excluding hydrogens is 214 g/mol. The fourth-order valence-corrected chi connectivity index (χ4v) is 2.32. The molecule has 2 N–H and O–H groups in total. The Hall–Kier alpha value is -0.160. The Labute approximate surface area is 106 Å². The van der Waals surface area contributed by atoms with Crippen molar-refractivity contribution in [2.24, 2.45) is 0 Å². The summed E-state index contributed by atoms with van der Waals surface area (Å²) in [7, 11) is 2.10. The number of hydrogen-bond donors (Lipinski definition) is 2. The zero-order chi connectivity index (χ0) is 12.5. The average molecular weight is 243 g/mol. The van der Waals surface area contributed by atoms with E-state index in [1.165, 1.54) is 19.3 Å². The van der Waals surface area contributed by atoms with Gasteiger partial charge in [0, 0.05) is 26.2 Å². The van der Waals surface area contributed by atoms with Crippen LogP contribution in [0.1, 0.15) is 26.2 Å². The third-order valence-electron chi connectivity index (χ3n) is 3.32. The number of hydrogen-bond acceptors (Lipinski definition) is 4. The highest BCUT2D eigenvalue weighted by atomic mass is 16.3. The fourth-order valence-electron chi connectivity index (χ4n) is 2.32. The van der Waals surface area contributed by atoms with E-state index < -0.39 is 0 Å². The molecule has 0 bridgehead atoms. The van der Waals surface area contributed by atoms with Crippen LogP contribution in [0.15, 0.2) is 0 Å². The van der Waals surface area contributed by atoms with Crippen molar-refractivity contribution in [3.63, 3.8) is 0 Å². The second-order valence-electron chi connectivity index (χ2n) is 5.17. The van der Waals surface area contributed by atoms with E-state index in [4.69, 9.17) is 0 Å². The zero-order valence-corrected chi connectivity index (χ0v) is 11.5. The van der Waals surface area contributed by atoms with E-state index in [0.29, 0.717) is 0 Å². The van der Waals surface area contributed by atoms with E-state index in [9.17, 15) is 5.11 Å². The fraction of sp³-hybridized carbons (Fsp3) is 1.00. The van der Waals surface area contributed by atoms with Gasteiger partial charge in [0.25, 0.3) is 0 Å². The highest BCUT2D eigenvalue weighted by Crippen LogP contribution is 2.00. The molecule has 0 aromatic rings. The van der Waals surface area contributed by atoms with Crippen molar-refractivity contribution in [3.8, 4) is 0 Å². The Bertz CT molecular complexity index is 182. The van der Waals surface area contributed by atoms with Crippen LogP contribution < -0.4 is 5.32 Å². The van der Waals surface area contributed by atoms with Crippen LogP contribution in [0.4, 0.5) is 0 Å². The zero-order valence-electron chi connectivity index (χ0n) is 11.5. The summed E-state index contributed by atoms with van der Waals surface area (Å²) in [4.78, 5) is 4.61. The second kappa shape index (κ2) is 8.86. The van der Waals surface area contributed by atoms with Crippen molar-refractivity contribution < 1.29 is 5.11 Å². The summed E-state index contributed by atoms with van der Waals surface area (Å²) in [5, 5.41) is 13.4. The monoisotopic (exact) mass is 243 g/mol. The number of aliphatic hydroxyl groups excluding tert-OH is 1. The van der Waals surface area contributed by atoms with Gasteiger partial charge in [0.15, 0.2) is 0 Å². The van der Waals surface area contributed by atoms with Gasteiger partial charge in [-0.15, -0.1) is 0 Å². The molecule has 1 rings (SSSR count). The predicted molar refractivity (Wildman–Crippen MR) is 72.3 cm³/mol. The van der Waals surface area contributed by atoms with Crippen LogP contribution in [0.3, 0.4) is 0 Å². The summed E-state index contributed by atoms with van der Waals surface area (Å²) in [6.45, 7) is 9.26. The molecule has 0 amide bonds. The van der Waals surface area contributed by atoms with Gasteiger partial charge in [-0.25, -0.2) is 0 Å². The first-order valence-electron chi connectivity index (χ1n) is 7.02. The number of β-amino-alcohol motifs (C(OH)–C–C–N with tert-alkyl or cyclic N) is 1. The highest BCUT2D eigenvalue weighted by Gasteiger charge is 2.14. The molecule has 102 valence electrons. The maximum Gasteiger partial charge on any atom is 0.0793 e. The smallest absolute Gasteiger partial charge is 0.0793 e. The topological polar surface area (TPSA) is 38.7 Å². The first-order valence-corrected chi connectivity index (χ1v) is 7.02. The molecule has 1 aliphatic heterocycles. The van der Waals surface area contributed by atoms with Gasteiger partial charge in [0.2, 0.25) is 0 Å². The number of rotatable bonds is 7. The van der Waals surface area contributed by atoms with Crippen LogP contribution in [0.25, 0.3) is 0 Å². The number of nitrogens with one attached hydrogen (secondary N) is 1. The van der Waals surface area contributed by atoms with Crippen LogP contribution in [-0.2, 0) is 0 Å². The minimum atomic E-state index is -0.213. The number of nitrogens with zero attached hydrogens (tertiary/aromatic N) is 2. The molecule has 1 heterocycles. The van der Waals surface area contributed by atoms with Crippen molar-refractivity contribution in [2.75, 3.05) is 52.9 Å². The maximum atomic E-state index is 10.1. The van der Waals surface area contributed by atoms with Gasteiger partial charge >= 0.3 is 0 Å². The Morgan fingerprint density at radius 3 is 2.94 bits per heavy atom. The standard InChI is InChI=1S/C13H29N3O/c1-3-4-8-15(2)11-13(17)12-16-9-5-6-14-7-10-16/h13-14,17H,3-12H2,1-2H3/t13-/m0/s1. The first-order chi connectivity index (χ1) is 8.22. The lowest BCUT2D eigenvalue weighted by molar-refractivity contribution is 0.0839. The molecule has 1 atom stereocenters. The summed E-state index contributed by atoms with van der Waals surface area (Å²) in [5.41, 5.74) is 0. The highest BCUT2D eigenvalue weighted by molar-refractivity contribution is 4.71. The van der Waals surface area contributed by atoms with Crippen LogP contribution in [0, 0.1) is 0 Å². The molecular formula is C13H29N3O. The maximum absolute atomic E-state index is 10.1. The van der Waals surface area contributed by atoms with Gasteiger partial charge < -0.3 is 15.3 Å². The SMILES string of the molecule is CCCCN(C)C[C@H](O)CN1CCCNCC1. The number of likely N-dealkylation sites (N-methyl/N-ethyl adjacent to an activating group) is 1. The minimum absolute atomic E-state index is 0.213. The van der Waals surface area contributed by atoms with E-state index in [0.717, 1.165) is 45.8 Å². The summed E-state index contributed by atoms with van der Waals surface area (Å²) in [6, 6.07) is 0. The molecule has 0 unspecified atom stereocenters. The summed E-state index contributed by atoms with van der Waals surface area (Å²) < 4.78 is 0. The Balaban J connectivity index is 2.15. The molecule has 17 heavy (non-hydrogen) atoms. The summed E-state index contributed by atoms with van der Waals surface area (Å²) in [6.07, 6.45) is 3.42. The molecule has 0 aromatic carbocycles. The quantitative estimate of drug-likeness (QED) is 0.678. The summed E-state index contributed by atoms with van der Waals surface area (Å²) >= 11 is 0. The average Bonchev–Trinajstić information content (AvgIpc) is 2.54. The first kappa shape index (κ1) is 14.9. The lowest BCUT2D eigenvalue weighted by Crippen LogP contribution is -2.40. The molecule has 4 heteroatoms. The van der Waals surface area contributed by atoms with Crippen molar-refractivity contribution >= 4 is 0 Å². The molecule has 1 saturated heterocycles. The van der Waals surface area contributed by atoms with E-state index in [-0.39, 0.29) is 6.10 Å². The lowest BCUT2D eigenvalue weighted by atomic mass is 10.2. The minimum Gasteiger partial charge on any atom is -0.390 e. The van der Waals surface area contributed by atoms with E-state index in [1.54, 1.807) is 0 Å². The van der Waals surface area contributed by atoms with Gasteiger partial charge in [-0.1, -0.05) is 13.3 Å². The third-order valence-corrected chi connectivity index (χ3v) is 3.32. The molecule has 0 aromatic heterocycles. The van der Waals surface area contributed by atoms with Crippen molar-refractivity contribution in [2.45, 2.75) is 32.3 Å². The Morgan fingerprint density at radius 1 is 1.35 bits per heavy atom. The van der Waals surface area contributed by atoms with Gasteiger partial charge in [0.1, 0.15) is 0 Å². The van der Waals surface area contributed by atoms with Gasteiger partial charge in [-0.3, -0.25) is 4.90 Å². The summed E-state index contributed by atoms with van der Waals surface area (Å²) in [5.74, 6) is 0. The van der Waals surface area contributed by atoms with E-state index in [1.807, 2.05) is 0 Å². The molecule has 1 fully saturated rings. The van der Waals surface area contributed by atoms with Crippen molar-refractivity contribution in [1.82, 2.24) is 15.1 Å². The van der Waals surface area contributed by atoms with Crippen LogP contribution >= 0.6 is 0 Å². The van der Waals surface area contributed by atoms with Crippen LogP contribution in [-0.4, -0.2) is 73.9 Å². The van der Waals surface area contributed by atoms with Crippen molar-refractivity contribution in [1.29, 1.82) is 0 Å². The van der Waals surface area contributed by atoms with E-state index in [2.05, 4.69) is 29.1 Å². The Kier molecular flexibility index (Phi) is 7.77. The van der Waals surface area contributed by atoms with Gasteiger partial charge in [-0.05, 0) is 39.5 Å². The van der Waals surface area contributed by atoms with Crippen molar-refractivity contribution in [3.05, 3.63) is 0 Å². The number of aliphatic hydroxyl groups is 1. The number of unbranched alkanes of at least 4 members (excludes halogenated alkanes) is 1. The van der Waals surface area contributed by atoms with Gasteiger partial charge in [0.05, 0.1) is 6.10 Å². The molecule has 1 aliphatic rings. The molecule has 0 saturated carbocycles. The normalized spacial score (nSPS) is 20.5. The van der Waals surface area contributed by atoms with Gasteiger partial charge in [-0.2, -0.15) is 0 Å².